The second kappa shape index (κ2) is 6.25. The van der Waals surface area contributed by atoms with Crippen LogP contribution in [-0.4, -0.2) is 11.9 Å². The lowest BCUT2D eigenvalue weighted by molar-refractivity contribution is -0.305. The summed E-state index contributed by atoms with van der Waals surface area (Å²) < 4.78 is 0. The van der Waals surface area contributed by atoms with Gasteiger partial charge in [-0.25, -0.2) is 0 Å². The lowest BCUT2D eigenvalue weighted by Gasteiger charge is -2.18. The third-order valence-electron chi connectivity index (χ3n) is 2.66. The highest BCUT2D eigenvalue weighted by Gasteiger charge is 2.14. The molecule has 5 heteroatoms. The van der Waals surface area contributed by atoms with E-state index in [0.29, 0.717) is 10.5 Å². The van der Waals surface area contributed by atoms with E-state index in [9.17, 15) is 19.8 Å². The molecule has 0 N–H and O–H groups in total. The van der Waals surface area contributed by atoms with Crippen molar-refractivity contribution in [2.75, 3.05) is 0 Å². The number of carboxylic acid groups (broad SMARTS) is 2. The van der Waals surface area contributed by atoms with Gasteiger partial charge in [0.2, 0.25) is 0 Å². The third kappa shape index (κ3) is 3.39. The predicted octanol–water partition coefficient (Wildman–Crippen LogP) is 0.633. The van der Waals surface area contributed by atoms with Gasteiger partial charge >= 0.3 is 0 Å². The summed E-state index contributed by atoms with van der Waals surface area (Å²) in [6.07, 6.45) is 0. The van der Waals surface area contributed by atoms with Crippen LogP contribution in [0.4, 0.5) is 0 Å². The fourth-order valence-corrected chi connectivity index (χ4v) is 2.64. The lowest BCUT2D eigenvalue weighted by Crippen LogP contribution is -2.28. The maximum atomic E-state index is 11.2. The first-order chi connectivity index (χ1) is 9.58. The Kier molecular flexibility index (Phi) is 4.42. The summed E-state index contributed by atoms with van der Waals surface area (Å²) in [7, 11) is 0. The van der Waals surface area contributed by atoms with Gasteiger partial charge in [-0.05, 0) is 23.3 Å². The SMILES string of the molecule is O=C([O-])c1ccc(S[C@@H](C(=O)[O-])c2ccccc2)cc1. The van der Waals surface area contributed by atoms with Crippen LogP contribution in [0.3, 0.4) is 0 Å². The van der Waals surface area contributed by atoms with Crippen molar-refractivity contribution in [1.29, 1.82) is 0 Å². The minimum atomic E-state index is -1.26. The van der Waals surface area contributed by atoms with E-state index in [2.05, 4.69) is 0 Å². The standard InChI is InChI=1S/C15H12O4S/c16-14(17)11-6-8-12(9-7-11)20-13(15(18)19)10-4-2-1-3-5-10/h1-9,13H,(H,16,17)(H,18,19)/p-2/t13-/m1/s1. The molecule has 0 spiro atoms. The smallest absolute Gasteiger partial charge is 0.0739 e. The van der Waals surface area contributed by atoms with Crippen molar-refractivity contribution in [3.8, 4) is 0 Å². The number of thioether (sulfide) groups is 1. The second-order valence-corrected chi connectivity index (χ2v) is 5.22. The van der Waals surface area contributed by atoms with E-state index in [1.54, 1.807) is 42.5 Å². The average molecular weight is 286 g/mol. The summed E-state index contributed by atoms with van der Waals surface area (Å²) in [5, 5.41) is 21.0. The number of aromatic carboxylic acids is 1. The van der Waals surface area contributed by atoms with E-state index < -0.39 is 17.2 Å². The van der Waals surface area contributed by atoms with E-state index in [1.165, 1.54) is 12.1 Å². The van der Waals surface area contributed by atoms with E-state index in [-0.39, 0.29) is 5.56 Å². The molecule has 2 aromatic carbocycles. The van der Waals surface area contributed by atoms with Crippen LogP contribution in [0.15, 0.2) is 59.5 Å². The van der Waals surface area contributed by atoms with Crippen molar-refractivity contribution >= 4 is 23.7 Å². The van der Waals surface area contributed by atoms with Gasteiger partial charge in [-0.3, -0.25) is 0 Å². The highest BCUT2D eigenvalue weighted by atomic mass is 32.2. The highest BCUT2D eigenvalue weighted by Crippen LogP contribution is 2.34. The molecule has 102 valence electrons. The predicted molar refractivity (Wildman–Crippen MR) is 70.8 cm³/mol. The number of carboxylic acids is 2. The van der Waals surface area contributed by atoms with Crippen molar-refractivity contribution in [2.24, 2.45) is 0 Å². The van der Waals surface area contributed by atoms with Gasteiger partial charge in [-0.15, -0.1) is 11.8 Å². The molecular weight excluding hydrogens is 276 g/mol. The molecule has 0 fully saturated rings. The lowest BCUT2D eigenvalue weighted by atomic mass is 10.1. The number of hydrogen-bond donors (Lipinski definition) is 0. The fraction of sp³-hybridized carbons (Fsp3) is 0.0667. The normalized spacial score (nSPS) is 11.8. The van der Waals surface area contributed by atoms with Gasteiger partial charge in [0.15, 0.2) is 0 Å². The van der Waals surface area contributed by atoms with Crippen LogP contribution >= 0.6 is 11.8 Å². The number of benzene rings is 2. The molecule has 20 heavy (non-hydrogen) atoms. The molecule has 0 aromatic heterocycles. The Morgan fingerprint density at radius 3 is 2.00 bits per heavy atom. The van der Waals surface area contributed by atoms with Crippen LogP contribution in [0.25, 0.3) is 0 Å². The second-order valence-electron chi connectivity index (χ2n) is 4.04. The summed E-state index contributed by atoms with van der Waals surface area (Å²) in [6, 6.07) is 14.6. The third-order valence-corrected chi connectivity index (χ3v) is 3.90. The zero-order valence-electron chi connectivity index (χ0n) is 10.3. The number of aliphatic carboxylic acids is 1. The van der Waals surface area contributed by atoms with Crippen molar-refractivity contribution < 1.29 is 19.8 Å². The molecule has 2 rings (SSSR count). The van der Waals surface area contributed by atoms with Gasteiger partial charge in [-0.1, -0.05) is 42.5 Å². The first kappa shape index (κ1) is 14.1. The molecule has 0 heterocycles. The highest BCUT2D eigenvalue weighted by molar-refractivity contribution is 8.00. The summed E-state index contributed by atoms with van der Waals surface area (Å²) >= 11 is 1.09. The van der Waals surface area contributed by atoms with Crippen molar-refractivity contribution in [3.05, 3.63) is 65.7 Å². The largest absolute Gasteiger partial charge is 0.549 e. The topological polar surface area (TPSA) is 80.3 Å². The minimum Gasteiger partial charge on any atom is -0.549 e. The van der Waals surface area contributed by atoms with Crippen LogP contribution < -0.4 is 10.2 Å². The Labute approximate surface area is 120 Å². The Hall–Kier alpha value is -2.27. The van der Waals surface area contributed by atoms with Crippen LogP contribution in [0, 0.1) is 0 Å². The van der Waals surface area contributed by atoms with Crippen LogP contribution in [0.2, 0.25) is 0 Å². The van der Waals surface area contributed by atoms with E-state index >= 15 is 0 Å². The molecule has 0 aliphatic carbocycles. The van der Waals surface area contributed by atoms with Gasteiger partial charge in [0.1, 0.15) is 0 Å². The summed E-state index contributed by atoms with van der Waals surface area (Å²) in [5.74, 6) is -2.45. The van der Waals surface area contributed by atoms with Crippen LogP contribution in [0.1, 0.15) is 21.2 Å². The van der Waals surface area contributed by atoms with Gasteiger partial charge in [0.05, 0.1) is 17.2 Å². The van der Waals surface area contributed by atoms with Gasteiger partial charge in [0, 0.05) is 4.90 Å². The molecule has 2 aromatic rings. The Bertz CT molecular complexity index is 608. The minimum absolute atomic E-state index is 0.0547. The Balaban J connectivity index is 2.21. The van der Waals surface area contributed by atoms with Crippen molar-refractivity contribution in [3.63, 3.8) is 0 Å². The fourth-order valence-electron chi connectivity index (χ4n) is 1.69. The Morgan fingerprint density at radius 2 is 1.50 bits per heavy atom. The molecule has 0 aliphatic rings. The van der Waals surface area contributed by atoms with Crippen molar-refractivity contribution in [2.45, 2.75) is 10.1 Å². The van der Waals surface area contributed by atoms with Crippen LogP contribution in [-0.2, 0) is 4.79 Å². The molecule has 0 radical (unpaired) electrons. The number of carbonyl (C=O) groups excluding carboxylic acids is 2. The van der Waals surface area contributed by atoms with Gasteiger partial charge in [-0.2, -0.15) is 0 Å². The van der Waals surface area contributed by atoms with Crippen molar-refractivity contribution in [1.82, 2.24) is 0 Å². The molecule has 4 nitrogen and oxygen atoms in total. The Morgan fingerprint density at radius 1 is 0.900 bits per heavy atom. The molecule has 0 saturated carbocycles. The summed E-state index contributed by atoms with van der Waals surface area (Å²) in [6.45, 7) is 0. The first-order valence-electron chi connectivity index (χ1n) is 5.82. The van der Waals surface area contributed by atoms with E-state index in [4.69, 9.17) is 0 Å². The van der Waals surface area contributed by atoms with Gasteiger partial charge < -0.3 is 19.8 Å². The number of carbonyl (C=O) groups is 2. The molecular formula is C15H10O4S-2. The molecule has 0 amide bonds. The maximum Gasteiger partial charge on any atom is 0.0739 e. The van der Waals surface area contributed by atoms with Crippen LogP contribution in [0.5, 0.6) is 0 Å². The van der Waals surface area contributed by atoms with E-state index in [1.807, 2.05) is 0 Å². The number of hydrogen-bond acceptors (Lipinski definition) is 5. The average Bonchev–Trinajstić information content (AvgIpc) is 2.46. The zero-order valence-corrected chi connectivity index (χ0v) is 11.1. The zero-order chi connectivity index (χ0) is 14.5. The first-order valence-corrected chi connectivity index (χ1v) is 6.70. The monoisotopic (exact) mass is 286 g/mol. The molecule has 0 aliphatic heterocycles. The summed E-state index contributed by atoms with van der Waals surface area (Å²) in [5.41, 5.74) is 0.681. The quantitative estimate of drug-likeness (QED) is 0.753. The molecule has 0 saturated heterocycles. The molecule has 0 bridgehead atoms. The van der Waals surface area contributed by atoms with E-state index in [0.717, 1.165) is 11.8 Å². The number of rotatable bonds is 5. The maximum absolute atomic E-state index is 11.2. The molecule has 1 atom stereocenters. The molecule has 0 unspecified atom stereocenters. The van der Waals surface area contributed by atoms with Gasteiger partial charge in [0.25, 0.3) is 0 Å². The summed E-state index contributed by atoms with van der Waals surface area (Å²) in [4.78, 5) is 22.5.